The van der Waals surface area contributed by atoms with Gasteiger partial charge in [-0.05, 0) is 33.8 Å². The molecule has 1 N–H and O–H groups in total. The molecule has 0 aliphatic rings. The van der Waals surface area contributed by atoms with Crippen LogP contribution in [-0.4, -0.2) is 34.4 Å². The van der Waals surface area contributed by atoms with E-state index < -0.39 is 21.1 Å². The predicted molar refractivity (Wildman–Crippen MR) is 85.5 cm³/mol. The summed E-state index contributed by atoms with van der Waals surface area (Å²) >= 11 is 0. The third kappa shape index (κ3) is 5.20. The summed E-state index contributed by atoms with van der Waals surface area (Å²) < 4.78 is 0. The Bertz CT molecular complexity index is 624. The first-order valence-electron chi connectivity index (χ1n) is 7.04. The molecule has 0 unspecified atom stereocenters. The Morgan fingerprint density at radius 2 is 1.83 bits per heavy atom. The summed E-state index contributed by atoms with van der Waals surface area (Å²) in [6.45, 7) is 7.50. The molecule has 0 saturated heterocycles. The smallest absolute Gasteiger partial charge is 0.299 e. The fourth-order valence-electron chi connectivity index (χ4n) is 2.04. The van der Waals surface area contributed by atoms with Gasteiger partial charge in [0.1, 0.15) is 5.69 Å². The molecule has 1 amide bonds. The Labute approximate surface area is 133 Å². The minimum Gasteiger partial charge on any atom is -0.357 e. The van der Waals surface area contributed by atoms with E-state index in [0.29, 0.717) is 6.54 Å². The van der Waals surface area contributed by atoms with Crippen LogP contribution in [0.1, 0.15) is 27.7 Å². The minimum atomic E-state index is -0.695. The average Bonchev–Trinajstić information content (AvgIpc) is 2.42. The van der Waals surface area contributed by atoms with Gasteiger partial charge in [-0.3, -0.25) is 25.0 Å². The summed E-state index contributed by atoms with van der Waals surface area (Å²) in [6, 6.07) is 3.39. The van der Waals surface area contributed by atoms with E-state index in [4.69, 9.17) is 0 Å². The Morgan fingerprint density at radius 3 is 2.26 bits per heavy atom. The van der Waals surface area contributed by atoms with Crippen LogP contribution in [0.25, 0.3) is 0 Å². The number of amides is 1. The zero-order chi connectivity index (χ0) is 17.8. The Balaban J connectivity index is 3.12. The van der Waals surface area contributed by atoms with Crippen molar-refractivity contribution < 1.29 is 14.6 Å². The molecule has 0 spiro atoms. The number of hydrogen-bond acceptors (Lipinski definition) is 6. The van der Waals surface area contributed by atoms with Gasteiger partial charge in [0.25, 0.3) is 11.4 Å². The standard InChI is InChI=1S/C14H20N4O5/c1-5-16(9-13(19)15-14(2,3)4)11-7-6-10(17(20)21)8-12(11)18(22)23/h6-8H,5,9H2,1-4H3,(H,15,19). The Kier molecular flexibility index (Phi) is 5.61. The van der Waals surface area contributed by atoms with Gasteiger partial charge in [-0.25, -0.2) is 0 Å². The fourth-order valence-corrected chi connectivity index (χ4v) is 2.04. The van der Waals surface area contributed by atoms with Gasteiger partial charge in [-0.2, -0.15) is 0 Å². The molecule has 0 radical (unpaired) electrons. The lowest BCUT2D eigenvalue weighted by atomic mass is 10.1. The van der Waals surface area contributed by atoms with Crippen LogP contribution in [-0.2, 0) is 4.79 Å². The van der Waals surface area contributed by atoms with E-state index in [-0.39, 0.29) is 23.8 Å². The molecule has 9 nitrogen and oxygen atoms in total. The number of non-ortho nitro benzene ring substituents is 1. The van der Waals surface area contributed by atoms with Gasteiger partial charge < -0.3 is 10.2 Å². The van der Waals surface area contributed by atoms with E-state index in [9.17, 15) is 25.0 Å². The zero-order valence-electron chi connectivity index (χ0n) is 13.5. The normalized spacial score (nSPS) is 11.0. The van der Waals surface area contributed by atoms with Crippen molar-refractivity contribution in [2.45, 2.75) is 33.2 Å². The van der Waals surface area contributed by atoms with Crippen LogP contribution in [0, 0.1) is 20.2 Å². The second-order valence-corrected chi connectivity index (χ2v) is 6.00. The first-order chi connectivity index (χ1) is 10.5. The van der Waals surface area contributed by atoms with Crippen molar-refractivity contribution in [2.75, 3.05) is 18.0 Å². The average molecular weight is 324 g/mol. The van der Waals surface area contributed by atoms with E-state index in [0.717, 1.165) is 6.07 Å². The maximum atomic E-state index is 12.0. The molecule has 1 rings (SSSR count). The fraction of sp³-hybridized carbons (Fsp3) is 0.500. The lowest BCUT2D eigenvalue weighted by molar-refractivity contribution is -0.393. The summed E-state index contributed by atoms with van der Waals surface area (Å²) in [6.07, 6.45) is 0. The third-order valence-electron chi connectivity index (χ3n) is 2.94. The molecular formula is C14H20N4O5. The number of nitrogens with zero attached hydrogens (tertiary/aromatic N) is 3. The molecule has 1 aromatic carbocycles. The largest absolute Gasteiger partial charge is 0.357 e. The van der Waals surface area contributed by atoms with Crippen LogP contribution in [0.5, 0.6) is 0 Å². The molecule has 0 heterocycles. The number of benzene rings is 1. The molecule has 0 bridgehead atoms. The van der Waals surface area contributed by atoms with Gasteiger partial charge in [0.05, 0.1) is 22.5 Å². The van der Waals surface area contributed by atoms with E-state index in [1.54, 1.807) is 6.92 Å². The van der Waals surface area contributed by atoms with E-state index in [1.165, 1.54) is 17.0 Å². The highest BCUT2D eigenvalue weighted by molar-refractivity contribution is 5.83. The van der Waals surface area contributed by atoms with Crippen molar-refractivity contribution >= 4 is 23.0 Å². The molecule has 0 saturated carbocycles. The number of carbonyl (C=O) groups excluding carboxylic acids is 1. The van der Waals surface area contributed by atoms with Crippen molar-refractivity contribution in [1.29, 1.82) is 0 Å². The van der Waals surface area contributed by atoms with Gasteiger partial charge in [-0.1, -0.05) is 0 Å². The number of anilines is 1. The molecule has 0 aliphatic carbocycles. The summed E-state index contributed by atoms with van der Waals surface area (Å²) in [4.78, 5) is 34.1. The molecular weight excluding hydrogens is 304 g/mol. The molecule has 0 fully saturated rings. The van der Waals surface area contributed by atoms with Crippen LogP contribution < -0.4 is 10.2 Å². The summed E-state index contributed by atoms with van der Waals surface area (Å²) in [5.74, 6) is -0.285. The lowest BCUT2D eigenvalue weighted by Gasteiger charge is -2.26. The second-order valence-electron chi connectivity index (χ2n) is 6.00. The van der Waals surface area contributed by atoms with Crippen LogP contribution in [0.4, 0.5) is 17.1 Å². The Hall–Kier alpha value is -2.71. The molecule has 0 aromatic heterocycles. The highest BCUT2D eigenvalue weighted by atomic mass is 16.6. The second kappa shape index (κ2) is 7.03. The number of likely N-dealkylation sites (N-methyl/N-ethyl adjacent to an activating group) is 1. The maximum Gasteiger partial charge on any atom is 0.299 e. The zero-order valence-corrected chi connectivity index (χ0v) is 13.5. The molecule has 9 heteroatoms. The maximum absolute atomic E-state index is 12.0. The van der Waals surface area contributed by atoms with E-state index >= 15 is 0 Å². The molecule has 1 aromatic rings. The number of nitrogens with one attached hydrogen (secondary N) is 1. The number of nitro groups is 2. The van der Waals surface area contributed by atoms with Gasteiger partial charge >= 0.3 is 0 Å². The first-order valence-corrected chi connectivity index (χ1v) is 7.04. The first kappa shape index (κ1) is 18.3. The highest BCUT2D eigenvalue weighted by Crippen LogP contribution is 2.31. The van der Waals surface area contributed by atoms with Crippen LogP contribution >= 0.6 is 0 Å². The van der Waals surface area contributed by atoms with Crippen molar-refractivity contribution in [3.63, 3.8) is 0 Å². The van der Waals surface area contributed by atoms with E-state index in [2.05, 4.69) is 5.32 Å². The van der Waals surface area contributed by atoms with Crippen LogP contribution in [0.3, 0.4) is 0 Å². The van der Waals surface area contributed by atoms with Crippen LogP contribution in [0.15, 0.2) is 18.2 Å². The topological polar surface area (TPSA) is 119 Å². The number of hydrogen-bond donors (Lipinski definition) is 1. The van der Waals surface area contributed by atoms with Crippen molar-refractivity contribution in [1.82, 2.24) is 5.32 Å². The third-order valence-corrected chi connectivity index (χ3v) is 2.94. The van der Waals surface area contributed by atoms with Gasteiger partial charge in [0.15, 0.2) is 0 Å². The summed E-state index contributed by atoms with van der Waals surface area (Å²) in [5.41, 5.74) is -1.01. The molecule has 23 heavy (non-hydrogen) atoms. The number of carbonyl (C=O) groups is 1. The van der Waals surface area contributed by atoms with Crippen LogP contribution in [0.2, 0.25) is 0 Å². The van der Waals surface area contributed by atoms with Gasteiger partial charge in [0, 0.05) is 18.2 Å². The predicted octanol–water partition coefficient (Wildman–Crippen LogP) is 2.24. The molecule has 0 aliphatic heterocycles. The quantitative estimate of drug-likeness (QED) is 0.633. The molecule has 126 valence electrons. The Morgan fingerprint density at radius 1 is 1.22 bits per heavy atom. The number of nitro benzene ring substituents is 2. The van der Waals surface area contributed by atoms with E-state index in [1.807, 2.05) is 20.8 Å². The van der Waals surface area contributed by atoms with Crippen molar-refractivity contribution in [2.24, 2.45) is 0 Å². The van der Waals surface area contributed by atoms with Gasteiger partial charge in [0.2, 0.25) is 5.91 Å². The highest BCUT2D eigenvalue weighted by Gasteiger charge is 2.25. The number of rotatable bonds is 6. The monoisotopic (exact) mass is 324 g/mol. The summed E-state index contributed by atoms with van der Waals surface area (Å²) in [7, 11) is 0. The summed E-state index contributed by atoms with van der Waals surface area (Å²) in [5, 5.41) is 24.7. The van der Waals surface area contributed by atoms with Crippen molar-refractivity contribution in [3.05, 3.63) is 38.4 Å². The minimum absolute atomic E-state index is 0.0770. The SMILES string of the molecule is CCN(CC(=O)NC(C)(C)C)c1ccc([N+](=O)[O-])cc1[N+](=O)[O-]. The lowest BCUT2D eigenvalue weighted by Crippen LogP contribution is -2.46. The van der Waals surface area contributed by atoms with Gasteiger partial charge in [-0.15, -0.1) is 0 Å². The molecule has 0 atom stereocenters. The van der Waals surface area contributed by atoms with Crippen molar-refractivity contribution in [3.8, 4) is 0 Å².